The number of hydrogen-bond acceptors (Lipinski definition) is 3. The average Bonchev–Trinajstić information content (AvgIpc) is 2.48. The first-order valence-electron chi connectivity index (χ1n) is 7.95. The Morgan fingerprint density at radius 3 is 2.67 bits per heavy atom. The summed E-state index contributed by atoms with van der Waals surface area (Å²) in [7, 11) is 0. The fourth-order valence-corrected chi connectivity index (χ4v) is 2.96. The first-order chi connectivity index (χ1) is 10.1. The van der Waals surface area contributed by atoms with Gasteiger partial charge in [-0.1, -0.05) is 33.6 Å². The molecule has 1 aromatic rings. The number of carbonyl (C=O) groups is 1. The Bertz CT molecular complexity index is 448. The Labute approximate surface area is 133 Å². The molecule has 0 bridgehead atoms. The number of anilines is 2. The van der Waals surface area contributed by atoms with Crippen molar-refractivity contribution in [1.29, 1.82) is 0 Å². The number of nitrogens with two attached hydrogens (primary N) is 1. The van der Waals surface area contributed by atoms with Gasteiger partial charge >= 0.3 is 0 Å². The quantitative estimate of drug-likeness (QED) is 0.502. The summed E-state index contributed by atoms with van der Waals surface area (Å²) in [5.74, 6) is 1.25. The van der Waals surface area contributed by atoms with E-state index in [0.717, 1.165) is 48.4 Å². The largest absolute Gasteiger partial charge is 0.397 e. The maximum absolute atomic E-state index is 12.4. The van der Waals surface area contributed by atoms with E-state index < -0.39 is 0 Å². The van der Waals surface area contributed by atoms with Gasteiger partial charge in [-0.25, -0.2) is 0 Å². The lowest BCUT2D eigenvalue weighted by Gasteiger charge is -2.16. The molecule has 0 aliphatic rings. The number of unbranched alkanes of at least 4 members (excludes halogenated alkanes) is 1. The van der Waals surface area contributed by atoms with Crippen LogP contribution in [0.4, 0.5) is 11.4 Å². The average molecular weight is 308 g/mol. The van der Waals surface area contributed by atoms with Crippen LogP contribution in [0, 0.1) is 5.92 Å². The minimum absolute atomic E-state index is 0.0799. The number of nitrogens with one attached hydrogen (secondary N) is 1. The van der Waals surface area contributed by atoms with Crippen molar-refractivity contribution >= 4 is 29.0 Å². The molecular formula is C17H28N2OS. The van der Waals surface area contributed by atoms with Crippen molar-refractivity contribution in [3.63, 3.8) is 0 Å². The zero-order chi connectivity index (χ0) is 15.7. The summed E-state index contributed by atoms with van der Waals surface area (Å²) in [6.07, 6.45) is 5.16. The SMILES string of the molecule is CCCCC(CC)C(=O)Nc1cc(SCCC)ccc1N. The molecule has 1 atom stereocenters. The van der Waals surface area contributed by atoms with Gasteiger partial charge in [0, 0.05) is 10.8 Å². The van der Waals surface area contributed by atoms with E-state index in [-0.39, 0.29) is 11.8 Å². The third-order valence-electron chi connectivity index (χ3n) is 3.53. The van der Waals surface area contributed by atoms with Gasteiger partial charge in [0.25, 0.3) is 0 Å². The molecule has 0 fully saturated rings. The molecule has 0 saturated heterocycles. The lowest BCUT2D eigenvalue weighted by atomic mass is 9.98. The standard InChI is InChI=1S/C17H28N2OS/c1-4-7-8-13(6-3)17(20)19-16-12-14(21-11-5-2)9-10-15(16)18/h9-10,12-13H,4-8,11,18H2,1-3H3,(H,19,20). The van der Waals surface area contributed by atoms with E-state index in [1.165, 1.54) is 0 Å². The second-order valence-electron chi connectivity index (χ2n) is 5.33. The molecule has 3 nitrogen and oxygen atoms in total. The van der Waals surface area contributed by atoms with Gasteiger partial charge in [-0.05, 0) is 43.2 Å². The molecule has 0 radical (unpaired) electrons. The smallest absolute Gasteiger partial charge is 0.227 e. The van der Waals surface area contributed by atoms with Gasteiger partial charge in [0.1, 0.15) is 0 Å². The number of benzene rings is 1. The number of hydrogen-bond donors (Lipinski definition) is 2. The second-order valence-corrected chi connectivity index (χ2v) is 6.50. The van der Waals surface area contributed by atoms with Gasteiger partial charge in [-0.2, -0.15) is 0 Å². The highest BCUT2D eigenvalue weighted by Gasteiger charge is 2.17. The zero-order valence-electron chi connectivity index (χ0n) is 13.4. The van der Waals surface area contributed by atoms with Crippen LogP contribution in [-0.4, -0.2) is 11.7 Å². The fraction of sp³-hybridized carbons (Fsp3) is 0.588. The lowest BCUT2D eigenvalue weighted by molar-refractivity contribution is -0.120. The Hall–Kier alpha value is -1.16. The highest BCUT2D eigenvalue weighted by Crippen LogP contribution is 2.28. The molecule has 1 rings (SSSR count). The number of nitrogen functional groups attached to an aromatic ring is 1. The van der Waals surface area contributed by atoms with Crippen molar-refractivity contribution < 1.29 is 4.79 Å². The van der Waals surface area contributed by atoms with Crippen LogP contribution in [0.5, 0.6) is 0 Å². The number of rotatable bonds is 9. The van der Waals surface area contributed by atoms with Crippen LogP contribution >= 0.6 is 11.8 Å². The third-order valence-corrected chi connectivity index (χ3v) is 4.72. The van der Waals surface area contributed by atoms with Crippen LogP contribution in [0.3, 0.4) is 0 Å². The van der Waals surface area contributed by atoms with Gasteiger partial charge in [0.2, 0.25) is 5.91 Å². The highest BCUT2D eigenvalue weighted by atomic mass is 32.2. The molecule has 1 unspecified atom stereocenters. The number of thioether (sulfide) groups is 1. The molecule has 0 aromatic heterocycles. The van der Waals surface area contributed by atoms with Gasteiger partial charge in [-0.3, -0.25) is 4.79 Å². The monoisotopic (exact) mass is 308 g/mol. The predicted octanol–water partition coefficient (Wildman–Crippen LogP) is 4.93. The lowest BCUT2D eigenvalue weighted by Crippen LogP contribution is -2.22. The Balaban J connectivity index is 2.73. The van der Waals surface area contributed by atoms with Gasteiger partial charge in [0.15, 0.2) is 0 Å². The highest BCUT2D eigenvalue weighted by molar-refractivity contribution is 7.99. The van der Waals surface area contributed by atoms with Crippen molar-refractivity contribution in [3.05, 3.63) is 18.2 Å². The maximum atomic E-state index is 12.4. The Kier molecular flexibility index (Phi) is 8.28. The van der Waals surface area contributed by atoms with Crippen LogP contribution < -0.4 is 11.1 Å². The molecule has 1 aromatic carbocycles. The van der Waals surface area contributed by atoms with Crippen molar-refractivity contribution in [2.45, 2.75) is 57.8 Å². The van der Waals surface area contributed by atoms with Crippen molar-refractivity contribution in [2.75, 3.05) is 16.8 Å². The summed E-state index contributed by atoms with van der Waals surface area (Å²) in [5.41, 5.74) is 7.36. The molecule has 0 aliphatic heterocycles. The molecule has 118 valence electrons. The van der Waals surface area contributed by atoms with E-state index in [0.29, 0.717) is 5.69 Å². The number of amides is 1. The molecule has 4 heteroatoms. The maximum Gasteiger partial charge on any atom is 0.227 e. The van der Waals surface area contributed by atoms with Crippen LogP contribution in [-0.2, 0) is 4.79 Å². The predicted molar refractivity (Wildman–Crippen MR) is 93.8 cm³/mol. The molecule has 1 amide bonds. The van der Waals surface area contributed by atoms with Crippen molar-refractivity contribution in [2.24, 2.45) is 5.92 Å². The molecule has 0 heterocycles. The summed E-state index contributed by atoms with van der Waals surface area (Å²) in [4.78, 5) is 13.5. The molecule has 21 heavy (non-hydrogen) atoms. The minimum Gasteiger partial charge on any atom is -0.397 e. The molecule has 3 N–H and O–H groups in total. The van der Waals surface area contributed by atoms with Crippen molar-refractivity contribution in [1.82, 2.24) is 0 Å². The molecule has 0 aliphatic carbocycles. The van der Waals surface area contributed by atoms with E-state index in [9.17, 15) is 4.79 Å². The van der Waals surface area contributed by atoms with Crippen LogP contribution in [0.2, 0.25) is 0 Å². The molecule has 0 saturated carbocycles. The topological polar surface area (TPSA) is 55.1 Å². The molecular weight excluding hydrogens is 280 g/mol. The Morgan fingerprint density at radius 1 is 1.29 bits per heavy atom. The van der Waals surface area contributed by atoms with E-state index in [4.69, 9.17) is 5.73 Å². The molecule has 0 spiro atoms. The third kappa shape index (κ3) is 6.00. The summed E-state index contributed by atoms with van der Waals surface area (Å²) in [5, 5.41) is 3.01. The fourth-order valence-electron chi connectivity index (χ4n) is 2.16. The van der Waals surface area contributed by atoms with Gasteiger partial charge in [0.05, 0.1) is 11.4 Å². The van der Waals surface area contributed by atoms with Crippen molar-refractivity contribution in [3.8, 4) is 0 Å². The zero-order valence-corrected chi connectivity index (χ0v) is 14.3. The first kappa shape index (κ1) is 17.9. The summed E-state index contributed by atoms with van der Waals surface area (Å²) in [6, 6.07) is 5.88. The summed E-state index contributed by atoms with van der Waals surface area (Å²) in [6.45, 7) is 6.38. The van der Waals surface area contributed by atoms with Gasteiger partial charge in [-0.15, -0.1) is 11.8 Å². The normalized spacial score (nSPS) is 12.1. The summed E-state index contributed by atoms with van der Waals surface area (Å²) >= 11 is 1.79. The van der Waals surface area contributed by atoms with Crippen LogP contribution in [0.15, 0.2) is 23.1 Å². The Morgan fingerprint density at radius 2 is 2.05 bits per heavy atom. The van der Waals surface area contributed by atoms with E-state index in [1.54, 1.807) is 11.8 Å². The van der Waals surface area contributed by atoms with E-state index >= 15 is 0 Å². The van der Waals surface area contributed by atoms with Crippen LogP contribution in [0.25, 0.3) is 0 Å². The van der Waals surface area contributed by atoms with E-state index in [2.05, 4.69) is 26.1 Å². The second kappa shape index (κ2) is 9.72. The van der Waals surface area contributed by atoms with Crippen LogP contribution in [0.1, 0.15) is 52.9 Å². The van der Waals surface area contributed by atoms with Gasteiger partial charge < -0.3 is 11.1 Å². The first-order valence-corrected chi connectivity index (χ1v) is 8.94. The van der Waals surface area contributed by atoms with E-state index in [1.807, 2.05) is 18.2 Å². The summed E-state index contributed by atoms with van der Waals surface area (Å²) < 4.78 is 0. The number of carbonyl (C=O) groups excluding carboxylic acids is 1. The minimum atomic E-state index is 0.0799.